The molecule has 0 spiro atoms. The smallest absolute Gasteiger partial charge is 0.339 e. The van der Waals surface area contributed by atoms with Crippen molar-refractivity contribution in [3.63, 3.8) is 0 Å². The van der Waals surface area contributed by atoms with Crippen LogP contribution in [0.3, 0.4) is 0 Å². The molecule has 0 aliphatic heterocycles. The van der Waals surface area contributed by atoms with Crippen LogP contribution in [0.15, 0.2) is 17.5 Å². The van der Waals surface area contributed by atoms with E-state index in [0.29, 0.717) is 21.6 Å². The van der Waals surface area contributed by atoms with E-state index in [-0.39, 0.29) is 11.5 Å². The van der Waals surface area contributed by atoms with Gasteiger partial charge in [-0.25, -0.2) is 9.18 Å². The summed E-state index contributed by atoms with van der Waals surface area (Å²) in [5.74, 6) is -2.67. The van der Waals surface area contributed by atoms with E-state index in [9.17, 15) is 19.1 Å². The second kappa shape index (κ2) is 6.97. The van der Waals surface area contributed by atoms with Crippen LogP contribution < -0.4 is 4.74 Å². The van der Waals surface area contributed by atoms with Crippen LogP contribution in [0.5, 0.6) is 5.75 Å². The summed E-state index contributed by atoms with van der Waals surface area (Å²) in [4.78, 5) is 24.0. The fourth-order valence-corrected chi connectivity index (χ4v) is 3.23. The van der Waals surface area contributed by atoms with Crippen molar-refractivity contribution in [3.8, 4) is 5.75 Å². The van der Waals surface area contributed by atoms with Gasteiger partial charge in [-0.05, 0) is 61.1 Å². The number of carbonyl (C=O) groups excluding carboxylic acids is 1. The van der Waals surface area contributed by atoms with Crippen LogP contribution in [0.2, 0.25) is 0 Å². The van der Waals surface area contributed by atoms with Crippen LogP contribution in [0.4, 0.5) is 4.39 Å². The van der Waals surface area contributed by atoms with Crippen LogP contribution in [0.25, 0.3) is 6.08 Å². The van der Waals surface area contributed by atoms with Gasteiger partial charge in [-0.1, -0.05) is 0 Å². The molecule has 0 aliphatic carbocycles. The third-order valence-electron chi connectivity index (χ3n) is 3.80. The first-order valence-electron chi connectivity index (χ1n) is 7.15. The third-order valence-corrected chi connectivity index (χ3v) is 4.86. The summed E-state index contributed by atoms with van der Waals surface area (Å²) < 4.78 is 19.5. The molecule has 4 nitrogen and oxygen atoms in total. The summed E-state index contributed by atoms with van der Waals surface area (Å²) in [6.45, 7) is 5.10. The van der Waals surface area contributed by atoms with Crippen LogP contribution in [-0.4, -0.2) is 24.0 Å². The Balaban J connectivity index is 2.52. The molecule has 0 aliphatic rings. The number of aromatic carboxylic acids is 1. The van der Waals surface area contributed by atoms with E-state index in [4.69, 9.17) is 4.74 Å². The Hall–Kier alpha value is -2.47. The molecular formula is C18H17FO4S. The molecule has 0 radical (unpaired) electrons. The van der Waals surface area contributed by atoms with E-state index in [2.05, 4.69) is 0 Å². The maximum absolute atomic E-state index is 14.5. The van der Waals surface area contributed by atoms with Crippen molar-refractivity contribution in [1.29, 1.82) is 0 Å². The lowest BCUT2D eigenvalue weighted by Crippen LogP contribution is -2.09. The molecular weight excluding hydrogens is 331 g/mol. The molecule has 2 rings (SSSR count). The molecule has 0 atom stereocenters. The van der Waals surface area contributed by atoms with E-state index in [1.54, 1.807) is 13.0 Å². The molecule has 1 aromatic carbocycles. The van der Waals surface area contributed by atoms with E-state index in [1.807, 2.05) is 12.3 Å². The molecule has 0 amide bonds. The fourth-order valence-electron chi connectivity index (χ4n) is 2.41. The summed E-state index contributed by atoms with van der Waals surface area (Å²) in [6.07, 6.45) is 2.81. The number of hydrogen-bond acceptors (Lipinski definition) is 4. The lowest BCUT2D eigenvalue weighted by molar-refractivity contribution is 0.0689. The van der Waals surface area contributed by atoms with Gasteiger partial charge in [-0.15, -0.1) is 11.3 Å². The number of aryl methyl sites for hydroxylation is 1. The normalized spacial score (nSPS) is 11.0. The van der Waals surface area contributed by atoms with Gasteiger partial charge in [-0.2, -0.15) is 0 Å². The maximum Gasteiger partial charge on any atom is 0.339 e. The molecule has 126 valence electrons. The lowest BCUT2D eigenvalue weighted by atomic mass is 9.95. The highest BCUT2D eigenvalue weighted by atomic mass is 32.1. The quantitative estimate of drug-likeness (QED) is 0.642. The molecule has 2 aromatic rings. The van der Waals surface area contributed by atoms with Gasteiger partial charge in [0.15, 0.2) is 17.3 Å². The van der Waals surface area contributed by atoms with E-state index in [0.717, 1.165) is 5.56 Å². The summed E-state index contributed by atoms with van der Waals surface area (Å²) >= 11 is 1.34. The summed E-state index contributed by atoms with van der Waals surface area (Å²) in [5, 5.41) is 11.1. The van der Waals surface area contributed by atoms with Gasteiger partial charge in [-0.3, -0.25) is 4.79 Å². The standard InChI is InChI=1S/C18H17FO4S/c1-9-7-14(24-8-9)13(20)6-5-12-10(2)11(3)15(18(21)22)16(19)17(12)23-4/h5-8H,1-4H3,(H,21,22). The number of carboxylic acid groups (broad SMARTS) is 1. The number of ketones is 1. The first-order chi connectivity index (χ1) is 11.3. The number of ether oxygens (including phenoxy) is 1. The van der Waals surface area contributed by atoms with Crippen molar-refractivity contribution < 1.29 is 23.8 Å². The summed E-state index contributed by atoms with van der Waals surface area (Å²) in [6, 6.07) is 1.78. The van der Waals surface area contributed by atoms with Crippen molar-refractivity contribution in [2.45, 2.75) is 20.8 Å². The SMILES string of the molecule is COc1c(F)c(C(=O)O)c(C)c(C)c1C=CC(=O)c1cc(C)cs1. The number of halogens is 1. The molecule has 1 aromatic heterocycles. The van der Waals surface area contributed by atoms with E-state index >= 15 is 0 Å². The Bertz CT molecular complexity index is 849. The van der Waals surface area contributed by atoms with Crippen molar-refractivity contribution in [2.24, 2.45) is 0 Å². The predicted octanol–water partition coefficient (Wildman–Crippen LogP) is 4.42. The molecule has 24 heavy (non-hydrogen) atoms. The number of benzene rings is 1. The monoisotopic (exact) mass is 348 g/mol. The largest absolute Gasteiger partial charge is 0.493 e. The molecule has 1 heterocycles. The van der Waals surface area contributed by atoms with Crippen LogP contribution >= 0.6 is 11.3 Å². The molecule has 1 N–H and O–H groups in total. The zero-order valence-electron chi connectivity index (χ0n) is 13.8. The molecule has 0 saturated carbocycles. The highest BCUT2D eigenvalue weighted by Gasteiger charge is 2.24. The second-order valence-electron chi connectivity index (χ2n) is 5.38. The van der Waals surface area contributed by atoms with Gasteiger partial charge >= 0.3 is 5.97 Å². The number of carboxylic acids is 1. The maximum atomic E-state index is 14.5. The highest BCUT2D eigenvalue weighted by molar-refractivity contribution is 7.12. The van der Waals surface area contributed by atoms with Crippen LogP contribution in [0, 0.1) is 26.6 Å². The van der Waals surface area contributed by atoms with Crippen molar-refractivity contribution in [3.05, 3.63) is 56.0 Å². The van der Waals surface area contributed by atoms with Crippen molar-refractivity contribution >= 4 is 29.2 Å². The number of rotatable bonds is 5. The topological polar surface area (TPSA) is 63.6 Å². The van der Waals surface area contributed by atoms with Gasteiger partial charge in [0.2, 0.25) is 0 Å². The molecule has 0 unspecified atom stereocenters. The molecule has 0 bridgehead atoms. The van der Waals surface area contributed by atoms with Gasteiger partial charge in [0, 0.05) is 5.56 Å². The Morgan fingerprint density at radius 3 is 2.42 bits per heavy atom. The number of thiophene rings is 1. The Morgan fingerprint density at radius 2 is 1.92 bits per heavy atom. The Morgan fingerprint density at radius 1 is 1.25 bits per heavy atom. The first kappa shape index (κ1) is 17.9. The van der Waals surface area contributed by atoms with Gasteiger partial charge in [0.05, 0.1) is 12.0 Å². The number of allylic oxidation sites excluding steroid dienone is 1. The second-order valence-corrected chi connectivity index (χ2v) is 6.29. The zero-order valence-corrected chi connectivity index (χ0v) is 14.6. The third kappa shape index (κ3) is 3.23. The number of carbonyl (C=O) groups is 2. The predicted molar refractivity (Wildman–Crippen MR) is 91.8 cm³/mol. The average Bonchev–Trinajstić information content (AvgIpc) is 2.95. The molecule has 0 fully saturated rings. The minimum absolute atomic E-state index is 0.179. The van der Waals surface area contributed by atoms with Gasteiger partial charge < -0.3 is 9.84 Å². The van der Waals surface area contributed by atoms with Crippen LogP contribution in [0.1, 0.15) is 42.3 Å². The number of hydrogen-bond donors (Lipinski definition) is 1. The Kier molecular flexibility index (Phi) is 5.19. The summed E-state index contributed by atoms with van der Waals surface area (Å²) in [5.41, 5.74) is 1.80. The van der Waals surface area contributed by atoms with Gasteiger partial charge in [0.25, 0.3) is 0 Å². The van der Waals surface area contributed by atoms with Gasteiger partial charge in [0.1, 0.15) is 5.56 Å². The van der Waals surface area contributed by atoms with E-state index in [1.165, 1.54) is 37.5 Å². The minimum atomic E-state index is -1.35. The number of methoxy groups -OCH3 is 1. The Labute approximate surface area is 143 Å². The van der Waals surface area contributed by atoms with Crippen LogP contribution in [-0.2, 0) is 0 Å². The lowest BCUT2D eigenvalue weighted by Gasteiger charge is -2.15. The summed E-state index contributed by atoms with van der Waals surface area (Å²) in [7, 11) is 1.26. The van der Waals surface area contributed by atoms with Crippen molar-refractivity contribution in [2.75, 3.05) is 7.11 Å². The van der Waals surface area contributed by atoms with Crippen molar-refractivity contribution in [1.82, 2.24) is 0 Å². The molecule has 6 heteroatoms. The minimum Gasteiger partial charge on any atom is -0.493 e. The first-order valence-corrected chi connectivity index (χ1v) is 8.03. The zero-order chi connectivity index (χ0) is 18.0. The molecule has 0 saturated heterocycles. The fraction of sp³-hybridized carbons (Fsp3) is 0.222. The van der Waals surface area contributed by atoms with E-state index < -0.39 is 17.3 Å². The average molecular weight is 348 g/mol. The highest BCUT2D eigenvalue weighted by Crippen LogP contribution is 2.33.